The van der Waals surface area contributed by atoms with Gasteiger partial charge in [0.25, 0.3) is 5.91 Å². The van der Waals surface area contributed by atoms with E-state index in [0.717, 1.165) is 12.1 Å². The Balaban J connectivity index is 1.88. The Morgan fingerprint density at radius 2 is 1.83 bits per heavy atom. The van der Waals surface area contributed by atoms with E-state index in [0.29, 0.717) is 43.4 Å². The normalized spacial score (nSPS) is 10.3. The SMILES string of the molecule is CCCNC(=O)c1cccc(NC(=O)CNc2ccccc2OCCOCC)c1. The van der Waals surface area contributed by atoms with Gasteiger partial charge in [-0.25, -0.2) is 0 Å². The molecule has 0 aliphatic rings. The molecule has 0 fully saturated rings. The smallest absolute Gasteiger partial charge is 0.251 e. The average Bonchev–Trinajstić information content (AvgIpc) is 2.74. The Morgan fingerprint density at radius 1 is 1.00 bits per heavy atom. The molecule has 2 amide bonds. The van der Waals surface area contributed by atoms with E-state index in [1.54, 1.807) is 24.3 Å². The Kier molecular flexibility index (Phi) is 9.51. The Morgan fingerprint density at radius 3 is 2.62 bits per heavy atom. The summed E-state index contributed by atoms with van der Waals surface area (Å²) in [5.41, 5.74) is 1.81. The van der Waals surface area contributed by atoms with Gasteiger partial charge in [0.1, 0.15) is 12.4 Å². The van der Waals surface area contributed by atoms with Crippen LogP contribution in [0.1, 0.15) is 30.6 Å². The van der Waals surface area contributed by atoms with Gasteiger partial charge in [-0.1, -0.05) is 25.1 Å². The van der Waals surface area contributed by atoms with Gasteiger partial charge in [-0.15, -0.1) is 0 Å². The van der Waals surface area contributed by atoms with Crippen LogP contribution in [0.5, 0.6) is 5.75 Å². The van der Waals surface area contributed by atoms with Crippen molar-refractivity contribution in [3.63, 3.8) is 0 Å². The van der Waals surface area contributed by atoms with Crippen LogP contribution in [0.3, 0.4) is 0 Å². The Bertz CT molecular complexity index is 795. The summed E-state index contributed by atoms with van der Waals surface area (Å²) < 4.78 is 11.0. The molecule has 0 atom stereocenters. The van der Waals surface area contributed by atoms with E-state index < -0.39 is 0 Å². The molecule has 0 saturated carbocycles. The minimum atomic E-state index is -0.222. The van der Waals surface area contributed by atoms with Crippen molar-refractivity contribution < 1.29 is 19.1 Å². The molecule has 7 nitrogen and oxygen atoms in total. The van der Waals surface area contributed by atoms with Crippen LogP contribution in [-0.2, 0) is 9.53 Å². The number of nitrogens with one attached hydrogen (secondary N) is 3. The second-order valence-corrected chi connectivity index (χ2v) is 6.28. The molecule has 0 saturated heterocycles. The fourth-order valence-electron chi connectivity index (χ4n) is 2.55. The molecule has 0 aromatic heterocycles. The highest BCUT2D eigenvalue weighted by Gasteiger charge is 2.09. The van der Waals surface area contributed by atoms with Gasteiger partial charge in [0.2, 0.25) is 5.91 Å². The lowest BCUT2D eigenvalue weighted by atomic mass is 10.2. The zero-order chi connectivity index (χ0) is 20.9. The standard InChI is InChI=1S/C22H29N3O4/c1-3-12-23-22(27)17-8-7-9-18(15-17)25-21(26)16-24-19-10-5-6-11-20(19)29-14-13-28-4-2/h5-11,15,24H,3-4,12-14,16H2,1-2H3,(H,23,27)(H,25,26). The van der Waals surface area contributed by atoms with Crippen LogP contribution in [-0.4, -0.2) is 44.7 Å². The summed E-state index contributed by atoms with van der Waals surface area (Å²) in [6, 6.07) is 14.3. The lowest BCUT2D eigenvalue weighted by Crippen LogP contribution is -2.25. The van der Waals surface area contributed by atoms with Gasteiger partial charge < -0.3 is 25.4 Å². The first-order valence-electron chi connectivity index (χ1n) is 9.85. The van der Waals surface area contributed by atoms with Gasteiger partial charge >= 0.3 is 0 Å². The van der Waals surface area contributed by atoms with Gasteiger partial charge in [0, 0.05) is 24.4 Å². The van der Waals surface area contributed by atoms with Crippen LogP contribution in [0, 0.1) is 0 Å². The molecule has 0 aliphatic carbocycles. The van der Waals surface area contributed by atoms with E-state index >= 15 is 0 Å². The van der Waals surface area contributed by atoms with Crippen molar-refractivity contribution in [1.82, 2.24) is 5.32 Å². The van der Waals surface area contributed by atoms with E-state index in [2.05, 4.69) is 16.0 Å². The van der Waals surface area contributed by atoms with Crippen molar-refractivity contribution in [2.75, 3.05) is 43.5 Å². The molecule has 0 radical (unpaired) electrons. The zero-order valence-corrected chi connectivity index (χ0v) is 17.0. The van der Waals surface area contributed by atoms with Crippen molar-refractivity contribution in [1.29, 1.82) is 0 Å². The Labute approximate surface area is 171 Å². The molecule has 29 heavy (non-hydrogen) atoms. The fourth-order valence-corrected chi connectivity index (χ4v) is 2.55. The molecule has 2 rings (SSSR count). The summed E-state index contributed by atoms with van der Waals surface area (Å²) in [7, 11) is 0. The highest BCUT2D eigenvalue weighted by Crippen LogP contribution is 2.23. The highest BCUT2D eigenvalue weighted by atomic mass is 16.5. The topological polar surface area (TPSA) is 88.7 Å². The summed E-state index contributed by atoms with van der Waals surface area (Å²) in [6.45, 7) is 6.20. The lowest BCUT2D eigenvalue weighted by molar-refractivity contribution is -0.114. The van der Waals surface area contributed by atoms with E-state index in [1.165, 1.54) is 0 Å². The molecule has 156 valence electrons. The number of anilines is 2. The number of hydrogen-bond acceptors (Lipinski definition) is 5. The maximum Gasteiger partial charge on any atom is 0.251 e. The van der Waals surface area contributed by atoms with Gasteiger partial charge in [0.05, 0.1) is 18.8 Å². The monoisotopic (exact) mass is 399 g/mol. The molecular weight excluding hydrogens is 370 g/mol. The number of benzene rings is 2. The second kappa shape index (κ2) is 12.4. The lowest BCUT2D eigenvalue weighted by Gasteiger charge is -2.13. The van der Waals surface area contributed by atoms with Gasteiger partial charge in [-0.2, -0.15) is 0 Å². The van der Waals surface area contributed by atoms with Crippen molar-refractivity contribution in [3.05, 3.63) is 54.1 Å². The third-order valence-corrected chi connectivity index (χ3v) is 3.96. The number of para-hydroxylation sites is 2. The number of hydrogen-bond donors (Lipinski definition) is 3. The Hall–Kier alpha value is -3.06. The van der Waals surface area contributed by atoms with E-state index in [9.17, 15) is 9.59 Å². The molecule has 0 bridgehead atoms. The maximum absolute atomic E-state index is 12.3. The molecular formula is C22H29N3O4. The summed E-state index contributed by atoms with van der Waals surface area (Å²) in [5, 5.41) is 8.70. The molecule has 2 aromatic carbocycles. The van der Waals surface area contributed by atoms with Crippen LogP contribution in [0.4, 0.5) is 11.4 Å². The summed E-state index contributed by atoms with van der Waals surface area (Å²) in [4.78, 5) is 24.4. The fraction of sp³-hybridized carbons (Fsp3) is 0.364. The van der Waals surface area contributed by atoms with E-state index in [1.807, 2.05) is 38.1 Å². The molecule has 2 aromatic rings. The quantitative estimate of drug-likeness (QED) is 0.477. The number of amides is 2. The number of ether oxygens (including phenoxy) is 2. The van der Waals surface area contributed by atoms with Gasteiger partial charge in [-0.05, 0) is 43.7 Å². The number of carbonyl (C=O) groups is 2. The first-order chi connectivity index (χ1) is 14.1. The first-order valence-corrected chi connectivity index (χ1v) is 9.85. The van der Waals surface area contributed by atoms with Crippen molar-refractivity contribution >= 4 is 23.2 Å². The molecule has 0 unspecified atom stereocenters. The van der Waals surface area contributed by atoms with Crippen molar-refractivity contribution in [2.24, 2.45) is 0 Å². The van der Waals surface area contributed by atoms with Crippen molar-refractivity contribution in [3.8, 4) is 5.75 Å². The molecule has 0 heterocycles. The average molecular weight is 399 g/mol. The van der Waals surface area contributed by atoms with E-state index in [-0.39, 0.29) is 18.4 Å². The number of carbonyl (C=O) groups excluding carboxylic acids is 2. The highest BCUT2D eigenvalue weighted by molar-refractivity contribution is 5.98. The summed E-state index contributed by atoms with van der Waals surface area (Å²) >= 11 is 0. The first kappa shape index (κ1) is 22.2. The van der Waals surface area contributed by atoms with E-state index in [4.69, 9.17) is 9.47 Å². The molecule has 0 spiro atoms. The second-order valence-electron chi connectivity index (χ2n) is 6.28. The van der Waals surface area contributed by atoms with Gasteiger partial charge in [0.15, 0.2) is 0 Å². The number of rotatable bonds is 12. The van der Waals surface area contributed by atoms with Gasteiger partial charge in [-0.3, -0.25) is 9.59 Å². The van der Waals surface area contributed by atoms with Crippen LogP contribution >= 0.6 is 0 Å². The van der Waals surface area contributed by atoms with Crippen LogP contribution < -0.4 is 20.7 Å². The largest absolute Gasteiger partial charge is 0.489 e. The summed E-state index contributed by atoms with van der Waals surface area (Å²) in [6.07, 6.45) is 0.866. The third kappa shape index (κ3) is 7.83. The third-order valence-electron chi connectivity index (χ3n) is 3.96. The van der Waals surface area contributed by atoms with Crippen molar-refractivity contribution in [2.45, 2.75) is 20.3 Å². The van der Waals surface area contributed by atoms with Crippen LogP contribution in [0.25, 0.3) is 0 Å². The van der Waals surface area contributed by atoms with Crippen LogP contribution in [0.15, 0.2) is 48.5 Å². The zero-order valence-electron chi connectivity index (χ0n) is 17.0. The molecule has 0 aliphatic heterocycles. The predicted octanol–water partition coefficient (Wildman–Crippen LogP) is 3.29. The predicted molar refractivity (Wildman–Crippen MR) is 115 cm³/mol. The minimum absolute atomic E-state index is 0.0676. The van der Waals surface area contributed by atoms with Crippen LogP contribution in [0.2, 0.25) is 0 Å². The minimum Gasteiger partial charge on any atom is -0.489 e. The molecule has 7 heteroatoms. The molecule has 3 N–H and O–H groups in total. The summed E-state index contributed by atoms with van der Waals surface area (Å²) in [5.74, 6) is 0.286. The maximum atomic E-state index is 12.3.